The molecule has 152 valence electrons. The van der Waals surface area contributed by atoms with Crippen molar-refractivity contribution in [3.63, 3.8) is 0 Å². The fourth-order valence-corrected chi connectivity index (χ4v) is 3.74. The Labute approximate surface area is 176 Å². The van der Waals surface area contributed by atoms with Gasteiger partial charge in [-0.1, -0.05) is 19.8 Å². The Morgan fingerprint density at radius 3 is 2.38 bits per heavy atom. The topological polar surface area (TPSA) is 60.0 Å². The Kier molecular flexibility index (Phi) is 10.2. The number of aliphatic imine (C=N–C) groups is 1. The number of hydrogen-bond acceptors (Lipinski definition) is 3. The molecule has 0 atom stereocenters. The maximum absolute atomic E-state index is 11.8. The number of amides is 1. The van der Waals surface area contributed by atoms with E-state index in [1.54, 1.807) is 4.90 Å². The zero-order chi connectivity index (χ0) is 18.3. The SMILES string of the molecule is CCNC(=NCC1(C)CCCC1)NC1CCN(CC(=O)N(C)C)CC1.I. The largest absolute Gasteiger partial charge is 0.357 e. The number of halogens is 1. The molecule has 1 aliphatic heterocycles. The second-order valence-corrected chi connectivity index (χ2v) is 8.20. The van der Waals surface area contributed by atoms with Gasteiger partial charge in [-0.25, -0.2) is 0 Å². The van der Waals surface area contributed by atoms with Gasteiger partial charge in [0.15, 0.2) is 5.96 Å². The standard InChI is InChI=1S/C19H37N5O.HI/c1-5-20-18(21-15-19(2)10-6-7-11-19)22-16-8-12-24(13-9-16)14-17(25)23(3)4;/h16H,5-15H2,1-4H3,(H2,20,21,22);1H. The summed E-state index contributed by atoms with van der Waals surface area (Å²) in [5, 5.41) is 7.01. The highest BCUT2D eigenvalue weighted by Crippen LogP contribution is 2.37. The van der Waals surface area contributed by atoms with Crippen LogP contribution in [0.4, 0.5) is 0 Å². The summed E-state index contributed by atoms with van der Waals surface area (Å²) in [5.74, 6) is 1.14. The molecule has 2 rings (SSSR count). The molecule has 0 spiro atoms. The number of nitrogens with zero attached hydrogens (tertiary/aromatic N) is 3. The maximum Gasteiger partial charge on any atom is 0.236 e. The molecular formula is C19H38IN5O. The lowest BCUT2D eigenvalue weighted by Gasteiger charge is -2.33. The minimum absolute atomic E-state index is 0. The van der Waals surface area contributed by atoms with Gasteiger partial charge in [0.1, 0.15) is 0 Å². The van der Waals surface area contributed by atoms with Crippen LogP contribution in [0.3, 0.4) is 0 Å². The molecule has 1 saturated heterocycles. The smallest absolute Gasteiger partial charge is 0.236 e. The van der Waals surface area contributed by atoms with Gasteiger partial charge in [0.05, 0.1) is 6.54 Å². The second kappa shape index (κ2) is 11.3. The van der Waals surface area contributed by atoms with Crippen molar-refractivity contribution in [2.24, 2.45) is 10.4 Å². The number of rotatable bonds is 6. The van der Waals surface area contributed by atoms with E-state index in [-0.39, 0.29) is 29.9 Å². The van der Waals surface area contributed by atoms with Crippen molar-refractivity contribution >= 4 is 35.8 Å². The second-order valence-electron chi connectivity index (χ2n) is 8.20. The van der Waals surface area contributed by atoms with Gasteiger partial charge in [0.25, 0.3) is 0 Å². The van der Waals surface area contributed by atoms with E-state index in [4.69, 9.17) is 4.99 Å². The highest BCUT2D eigenvalue weighted by Gasteiger charge is 2.28. The Morgan fingerprint density at radius 2 is 1.85 bits per heavy atom. The number of guanidine groups is 1. The predicted molar refractivity (Wildman–Crippen MR) is 119 cm³/mol. The van der Waals surface area contributed by atoms with Crippen molar-refractivity contribution in [3.05, 3.63) is 0 Å². The summed E-state index contributed by atoms with van der Waals surface area (Å²) in [6, 6.07) is 0.444. The number of carbonyl (C=O) groups is 1. The van der Waals surface area contributed by atoms with Gasteiger partial charge in [-0.15, -0.1) is 24.0 Å². The Hall–Kier alpha value is -0.570. The lowest BCUT2D eigenvalue weighted by Crippen LogP contribution is -2.50. The summed E-state index contributed by atoms with van der Waals surface area (Å²) in [5.41, 5.74) is 0.387. The molecule has 1 amide bonds. The fraction of sp³-hybridized carbons (Fsp3) is 0.895. The summed E-state index contributed by atoms with van der Waals surface area (Å²) in [7, 11) is 3.64. The molecule has 0 aromatic heterocycles. The van der Waals surface area contributed by atoms with Crippen LogP contribution in [0.5, 0.6) is 0 Å². The molecule has 2 aliphatic rings. The molecule has 6 nitrogen and oxygen atoms in total. The van der Waals surface area contributed by atoms with E-state index in [9.17, 15) is 4.79 Å². The molecule has 0 aromatic rings. The van der Waals surface area contributed by atoms with Gasteiger partial charge in [-0.05, 0) is 38.0 Å². The first-order valence-electron chi connectivity index (χ1n) is 9.89. The van der Waals surface area contributed by atoms with Crippen LogP contribution in [-0.2, 0) is 4.79 Å². The zero-order valence-electron chi connectivity index (χ0n) is 17.0. The van der Waals surface area contributed by atoms with E-state index in [1.807, 2.05) is 14.1 Å². The van der Waals surface area contributed by atoms with E-state index in [2.05, 4.69) is 29.4 Å². The van der Waals surface area contributed by atoms with Crippen molar-refractivity contribution in [2.75, 3.05) is 46.8 Å². The molecule has 0 bridgehead atoms. The summed E-state index contributed by atoms with van der Waals surface area (Å²) < 4.78 is 0. The zero-order valence-corrected chi connectivity index (χ0v) is 19.3. The number of hydrogen-bond donors (Lipinski definition) is 2. The van der Waals surface area contributed by atoms with Gasteiger partial charge in [0.2, 0.25) is 5.91 Å². The van der Waals surface area contributed by atoms with E-state index in [1.165, 1.54) is 25.7 Å². The molecule has 2 fully saturated rings. The first-order valence-corrected chi connectivity index (χ1v) is 9.89. The lowest BCUT2D eigenvalue weighted by atomic mass is 9.89. The molecule has 1 aliphatic carbocycles. The molecule has 1 heterocycles. The third kappa shape index (κ3) is 7.58. The Bertz CT molecular complexity index is 455. The van der Waals surface area contributed by atoms with Crippen LogP contribution < -0.4 is 10.6 Å². The van der Waals surface area contributed by atoms with Crippen molar-refractivity contribution < 1.29 is 4.79 Å². The average molecular weight is 479 g/mol. The highest BCUT2D eigenvalue weighted by molar-refractivity contribution is 14.0. The van der Waals surface area contributed by atoms with Gasteiger partial charge >= 0.3 is 0 Å². The minimum Gasteiger partial charge on any atom is -0.357 e. The van der Waals surface area contributed by atoms with Gasteiger partial charge < -0.3 is 15.5 Å². The quantitative estimate of drug-likeness (QED) is 0.349. The van der Waals surface area contributed by atoms with Crippen LogP contribution in [0.2, 0.25) is 0 Å². The van der Waals surface area contributed by atoms with Crippen LogP contribution in [-0.4, -0.2) is 74.5 Å². The molecule has 0 aromatic carbocycles. The van der Waals surface area contributed by atoms with Crippen LogP contribution in [0.15, 0.2) is 4.99 Å². The first-order chi connectivity index (χ1) is 11.9. The van der Waals surface area contributed by atoms with Crippen molar-refractivity contribution in [1.29, 1.82) is 0 Å². The number of likely N-dealkylation sites (tertiary alicyclic amines) is 1. The van der Waals surface area contributed by atoms with E-state index in [0.717, 1.165) is 45.0 Å². The van der Waals surface area contributed by atoms with Crippen LogP contribution in [0.1, 0.15) is 52.4 Å². The summed E-state index contributed by atoms with van der Waals surface area (Å²) >= 11 is 0. The van der Waals surface area contributed by atoms with Gasteiger partial charge in [-0.2, -0.15) is 0 Å². The van der Waals surface area contributed by atoms with Crippen LogP contribution in [0, 0.1) is 5.41 Å². The van der Waals surface area contributed by atoms with Gasteiger partial charge in [-0.3, -0.25) is 14.7 Å². The van der Waals surface area contributed by atoms with Crippen molar-refractivity contribution in [3.8, 4) is 0 Å². The molecule has 1 saturated carbocycles. The third-order valence-electron chi connectivity index (χ3n) is 5.56. The highest BCUT2D eigenvalue weighted by atomic mass is 127. The number of nitrogens with one attached hydrogen (secondary N) is 2. The Morgan fingerprint density at radius 1 is 1.23 bits per heavy atom. The number of likely N-dealkylation sites (N-methyl/N-ethyl adjacent to an activating group) is 1. The fourth-order valence-electron chi connectivity index (χ4n) is 3.74. The molecule has 0 unspecified atom stereocenters. The van der Waals surface area contributed by atoms with E-state index < -0.39 is 0 Å². The van der Waals surface area contributed by atoms with Crippen molar-refractivity contribution in [1.82, 2.24) is 20.4 Å². The summed E-state index contributed by atoms with van der Waals surface area (Å²) in [4.78, 5) is 20.6. The minimum atomic E-state index is 0. The molecule has 7 heteroatoms. The first kappa shape index (κ1) is 23.5. The number of carbonyl (C=O) groups excluding carboxylic acids is 1. The lowest BCUT2D eigenvalue weighted by molar-refractivity contribution is -0.130. The van der Waals surface area contributed by atoms with Crippen LogP contribution >= 0.6 is 24.0 Å². The average Bonchev–Trinajstić information content (AvgIpc) is 3.01. The summed E-state index contributed by atoms with van der Waals surface area (Å²) in [6.07, 6.45) is 7.41. The molecule has 26 heavy (non-hydrogen) atoms. The van der Waals surface area contributed by atoms with Crippen LogP contribution in [0.25, 0.3) is 0 Å². The van der Waals surface area contributed by atoms with E-state index >= 15 is 0 Å². The number of piperidine rings is 1. The third-order valence-corrected chi connectivity index (χ3v) is 5.56. The van der Waals surface area contributed by atoms with Gasteiger partial charge in [0, 0.05) is 46.3 Å². The predicted octanol–water partition coefficient (Wildman–Crippen LogP) is 2.29. The molecule has 0 radical (unpaired) electrons. The molecular weight excluding hydrogens is 441 g/mol. The van der Waals surface area contributed by atoms with E-state index in [0.29, 0.717) is 18.0 Å². The van der Waals surface area contributed by atoms with Crippen molar-refractivity contribution in [2.45, 2.75) is 58.4 Å². The normalized spacial score (nSPS) is 21.2. The Balaban J connectivity index is 0.00000338. The summed E-state index contributed by atoms with van der Waals surface area (Å²) in [6.45, 7) is 8.75. The molecule has 2 N–H and O–H groups in total. The maximum atomic E-state index is 11.8. The monoisotopic (exact) mass is 479 g/mol.